The predicted molar refractivity (Wildman–Crippen MR) is 61.6 cm³/mol. The normalized spacial score (nSPS) is 10.8. The molecule has 0 fully saturated rings. The molecule has 0 unspecified atom stereocenters. The molecule has 1 aromatic rings. The lowest BCUT2D eigenvalue weighted by atomic mass is 10.2. The van der Waals surface area contributed by atoms with E-state index in [2.05, 4.69) is 0 Å². The molecule has 90 valence electrons. The molecule has 16 heavy (non-hydrogen) atoms. The monoisotopic (exact) mass is 245 g/mol. The van der Waals surface area contributed by atoms with E-state index in [1.165, 1.54) is 6.26 Å². The lowest BCUT2D eigenvalue weighted by molar-refractivity contribution is 0.0692. The van der Waals surface area contributed by atoms with E-state index >= 15 is 0 Å². The van der Waals surface area contributed by atoms with Gasteiger partial charge in [0.15, 0.2) is 0 Å². The van der Waals surface area contributed by atoms with Crippen LogP contribution in [0.1, 0.15) is 30.6 Å². The highest BCUT2D eigenvalue weighted by atomic mass is 35.5. The van der Waals surface area contributed by atoms with Crippen LogP contribution in [0.25, 0.3) is 0 Å². The predicted octanol–water partition coefficient (Wildman–Crippen LogP) is 2.17. The van der Waals surface area contributed by atoms with Crippen molar-refractivity contribution in [2.45, 2.75) is 26.3 Å². The molecule has 1 N–H and O–H groups in total. The van der Waals surface area contributed by atoms with Crippen LogP contribution in [0.4, 0.5) is 0 Å². The van der Waals surface area contributed by atoms with Crippen LogP contribution in [0.15, 0.2) is 16.7 Å². The number of aliphatic hydroxyl groups excluding tert-OH is 1. The van der Waals surface area contributed by atoms with Crippen LogP contribution in [-0.2, 0) is 0 Å². The van der Waals surface area contributed by atoms with Gasteiger partial charge in [-0.25, -0.2) is 0 Å². The van der Waals surface area contributed by atoms with Crippen LogP contribution in [0.3, 0.4) is 0 Å². The number of carbonyl (C=O) groups is 1. The van der Waals surface area contributed by atoms with Crippen LogP contribution in [-0.4, -0.2) is 35.1 Å². The van der Waals surface area contributed by atoms with Gasteiger partial charge in [-0.05, 0) is 37.9 Å². The summed E-state index contributed by atoms with van der Waals surface area (Å²) in [5.41, 5.74) is 0.369. The highest BCUT2D eigenvalue weighted by Crippen LogP contribution is 2.19. The summed E-state index contributed by atoms with van der Waals surface area (Å²) in [6.07, 6.45) is 1.94. The first-order valence-corrected chi connectivity index (χ1v) is 5.60. The van der Waals surface area contributed by atoms with Crippen LogP contribution < -0.4 is 0 Å². The summed E-state index contributed by atoms with van der Waals surface area (Å²) in [4.78, 5) is 13.7. The van der Waals surface area contributed by atoms with Crippen molar-refractivity contribution < 1.29 is 14.3 Å². The fraction of sp³-hybridized carbons (Fsp3) is 0.545. The molecule has 1 amide bonds. The first kappa shape index (κ1) is 13.1. The fourth-order valence-corrected chi connectivity index (χ4v) is 1.63. The molecule has 5 heteroatoms. The Balaban J connectivity index is 2.79. The van der Waals surface area contributed by atoms with Gasteiger partial charge < -0.3 is 14.4 Å². The molecule has 0 bridgehead atoms. The number of rotatable bonds is 5. The molecule has 4 nitrogen and oxygen atoms in total. The van der Waals surface area contributed by atoms with E-state index in [4.69, 9.17) is 21.1 Å². The lowest BCUT2D eigenvalue weighted by Gasteiger charge is -2.26. The number of halogens is 1. The van der Waals surface area contributed by atoms with Crippen molar-refractivity contribution in [2.75, 3.05) is 13.2 Å². The number of furan rings is 1. The average Bonchev–Trinajstić information content (AvgIpc) is 2.64. The number of amides is 1. The Labute approximate surface area is 99.8 Å². The molecule has 0 aromatic carbocycles. The third-order valence-corrected chi connectivity index (χ3v) is 2.58. The van der Waals surface area contributed by atoms with E-state index < -0.39 is 0 Å². The summed E-state index contributed by atoms with van der Waals surface area (Å²) in [6.45, 7) is 4.41. The van der Waals surface area contributed by atoms with Crippen LogP contribution in [0, 0.1) is 0 Å². The summed E-state index contributed by atoms with van der Waals surface area (Å²) in [5.74, 6) is -0.165. The van der Waals surface area contributed by atoms with E-state index in [0.29, 0.717) is 18.5 Å². The second-order valence-corrected chi connectivity index (χ2v) is 4.12. The summed E-state index contributed by atoms with van der Waals surface area (Å²) < 4.78 is 4.89. The molecule has 0 saturated heterocycles. The van der Waals surface area contributed by atoms with Gasteiger partial charge in [0, 0.05) is 19.2 Å². The number of hydrogen-bond donors (Lipinski definition) is 1. The third-order valence-electron chi connectivity index (χ3n) is 2.29. The first-order chi connectivity index (χ1) is 7.57. The maximum atomic E-state index is 12.1. The standard InChI is InChI=1S/C11H16ClNO3/c1-8(2)13(5-3-6-14)11(15)9-4-7-16-10(9)12/h4,7-8,14H,3,5-6H2,1-2H3. The number of hydrogen-bond acceptors (Lipinski definition) is 3. The van der Waals surface area contributed by atoms with Crippen molar-refractivity contribution in [3.8, 4) is 0 Å². The molecule has 0 saturated carbocycles. The van der Waals surface area contributed by atoms with Crippen LogP contribution in [0.5, 0.6) is 0 Å². The van der Waals surface area contributed by atoms with E-state index in [1.54, 1.807) is 11.0 Å². The summed E-state index contributed by atoms with van der Waals surface area (Å²) in [6, 6.07) is 1.61. The van der Waals surface area contributed by atoms with Crippen molar-refractivity contribution in [1.82, 2.24) is 4.90 Å². The smallest absolute Gasteiger partial charge is 0.258 e. The van der Waals surface area contributed by atoms with Gasteiger partial charge in [-0.1, -0.05) is 0 Å². The maximum Gasteiger partial charge on any atom is 0.258 e. The zero-order valence-corrected chi connectivity index (χ0v) is 10.2. The molecule has 0 aliphatic carbocycles. The quantitative estimate of drug-likeness (QED) is 0.865. The highest BCUT2D eigenvalue weighted by Gasteiger charge is 2.21. The molecule has 1 rings (SSSR count). The SMILES string of the molecule is CC(C)N(CCCO)C(=O)c1ccoc1Cl. The van der Waals surface area contributed by atoms with Gasteiger partial charge in [-0.15, -0.1) is 0 Å². The Bertz CT molecular complexity index is 349. The highest BCUT2D eigenvalue weighted by molar-refractivity contribution is 6.32. The van der Waals surface area contributed by atoms with Crippen molar-refractivity contribution in [2.24, 2.45) is 0 Å². The largest absolute Gasteiger partial charge is 0.452 e. The molecule has 1 aromatic heterocycles. The topological polar surface area (TPSA) is 53.7 Å². The number of nitrogens with zero attached hydrogens (tertiary/aromatic N) is 1. The average molecular weight is 246 g/mol. The maximum absolute atomic E-state index is 12.1. The fourth-order valence-electron chi connectivity index (χ4n) is 1.44. The molecule has 0 spiro atoms. The van der Waals surface area contributed by atoms with Crippen molar-refractivity contribution in [1.29, 1.82) is 0 Å². The number of carbonyl (C=O) groups excluding carboxylic acids is 1. The Morgan fingerprint density at radius 2 is 2.31 bits per heavy atom. The van der Waals surface area contributed by atoms with E-state index in [1.807, 2.05) is 13.8 Å². The van der Waals surface area contributed by atoms with Crippen molar-refractivity contribution >= 4 is 17.5 Å². The van der Waals surface area contributed by atoms with Gasteiger partial charge in [0.25, 0.3) is 5.91 Å². The first-order valence-electron chi connectivity index (χ1n) is 5.22. The van der Waals surface area contributed by atoms with Gasteiger partial charge in [0.1, 0.15) is 0 Å². The Kier molecular flexibility index (Phi) is 4.83. The van der Waals surface area contributed by atoms with Crippen LogP contribution in [0.2, 0.25) is 5.22 Å². The minimum absolute atomic E-state index is 0.0602. The van der Waals surface area contributed by atoms with Gasteiger partial charge in [-0.2, -0.15) is 0 Å². The third kappa shape index (κ3) is 3.00. The molecule has 0 radical (unpaired) electrons. The van der Waals surface area contributed by atoms with Gasteiger partial charge in [0.2, 0.25) is 5.22 Å². The molecule has 0 atom stereocenters. The van der Waals surface area contributed by atoms with Crippen LogP contribution >= 0.6 is 11.6 Å². The minimum Gasteiger partial charge on any atom is -0.452 e. The van der Waals surface area contributed by atoms with Gasteiger partial charge in [-0.3, -0.25) is 4.79 Å². The van der Waals surface area contributed by atoms with Gasteiger partial charge in [0.05, 0.1) is 11.8 Å². The lowest BCUT2D eigenvalue weighted by Crippen LogP contribution is -2.38. The molecule has 1 heterocycles. The Hall–Kier alpha value is -1.00. The molecular formula is C11H16ClNO3. The molecule has 0 aliphatic heterocycles. The summed E-state index contributed by atoms with van der Waals surface area (Å²) in [7, 11) is 0. The zero-order chi connectivity index (χ0) is 12.1. The van der Waals surface area contributed by atoms with Crippen molar-refractivity contribution in [3.05, 3.63) is 23.1 Å². The van der Waals surface area contributed by atoms with E-state index in [9.17, 15) is 4.79 Å². The van der Waals surface area contributed by atoms with Crippen molar-refractivity contribution in [3.63, 3.8) is 0 Å². The second kappa shape index (κ2) is 5.92. The summed E-state index contributed by atoms with van der Waals surface area (Å²) >= 11 is 5.75. The number of aliphatic hydroxyl groups is 1. The summed E-state index contributed by atoms with van der Waals surface area (Å²) in [5, 5.41) is 8.89. The Morgan fingerprint density at radius 1 is 1.62 bits per heavy atom. The zero-order valence-electron chi connectivity index (χ0n) is 9.44. The van der Waals surface area contributed by atoms with E-state index in [0.717, 1.165) is 0 Å². The second-order valence-electron chi connectivity index (χ2n) is 3.78. The van der Waals surface area contributed by atoms with E-state index in [-0.39, 0.29) is 23.8 Å². The Morgan fingerprint density at radius 3 is 2.75 bits per heavy atom. The van der Waals surface area contributed by atoms with Gasteiger partial charge >= 0.3 is 0 Å². The molecular weight excluding hydrogens is 230 g/mol. The minimum atomic E-state index is -0.165. The molecule has 0 aliphatic rings.